The second-order valence-corrected chi connectivity index (χ2v) is 13.0. The number of nitrogens with zero attached hydrogens (tertiary/aromatic N) is 4. The first-order valence-corrected chi connectivity index (χ1v) is 14.9. The van der Waals surface area contributed by atoms with Crippen LogP contribution in [-0.4, -0.2) is 46.1 Å². The van der Waals surface area contributed by atoms with Gasteiger partial charge in [-0.25, -0.2) is 0 Å². The van der Waals surface area contributed by atoms with E-state index in [0.29, 0.717) is 29.1 Å². The predicted octanol–water partition coefficient (Wildman–Crippen LogP) is 6.05. The van der Waals surface area contributed by atoms with Crippen LogP contribution in [0.5, 0.6) is 0 Å². The molecule has 0 unspecified atom stereocenters. The van der Waals surface area contributed by atoms with Crippen molar-refractivity contribution in [3.8, 4) is 0 Å². The number of aryl methyl sites for hydroxylation is 2. The summed E-state index contributed by atoms with van der Waals surface area (Å²) in [5.41, 5.74) is 5.25. The van der Waals surface area contributed by atoms with Gasteiger partial charge in [-0.2, -0.15) is 5.10 Å². The number of aromatic nitrogens is 2. The first-order valence-electron chi connectivity index (χ1n) is 14.5. The molecule has 2 aromatic carbocycles. The molecule has 1 fully saturated rings. The van der Waals surface area contributed by atoms with E-state index in [1.807, 2.05) is 38.2 Å². The summed E-state index contributed by atoms with van der Waals surface area (Å²) in [5.74, 6) is 0.801. The Morgan fingerprint density at radius 2 is 1.88 bits per heavy atom. The second-order valence-electron chi connectivity index (χ2n) is 12.6. The van der Waals surface area contributed by atoms with E-state index >= 15 is 0 Å². The Bertz CT molecular complexity index is 1430. The Morgan fingerprint density at radius 3 is 2.59 bits per heavy atom. The number of amides is 2. The first kappa shape index (κ1) is 29.1. The van der Waals surface area contributed by atoms with Crippen LogP contribution in [0.1, 0.15) is 67.1 Å². The van der Waals surface area contributed by atoms with Gasteiger partial charge in [0.15, 0.2) is 0 Å². The molecule has 0 bridgehead atoms. The fraction of sp³-hybridized carbons (Fsp3) is 0.469. The number of piperidine rings is 1. The standard InChI is InChI=1S/C32H41ClN6O2/c1-21-6-9-28-27(16-21)36-29-24(19-35-37(29)5)20-39(28)31(41)25-8-7-22(17-26(25)33)18-34-30(40)23-10-13-38(14-11-23)15-12-32(2,3)4/h6-9,16-17,19,23,36H,10-15,18,20H2,1-5H3,(H,34,40). The molecule has 2 aliphatic heterocycles. The number of nitrogens with one attached hydrogen (secondary N) is 2. The van der Waals surface area contributed by atoms with Crippen LogP contribution in [0.2, 0.25) is 5.02 Å². The van der Waals surface area contributed by atoms with Crippen LogP contribution in [0, 0.1) is 18.3 Å². The van der Waals surface area contributed by atoms with Crippen molar-refractivity contribution in [2.75, 3.05) is 29.9 Å². The molecule has 2 amide bonds. The number of rotatable bonds is 6. The third-order valence-corrected chi connectivity index (χ3v) is 8.46. The van der Waals surface area contributed by atoms with Gasteiger partial charge in [-0.15, -0.1) is 0 Å². The molecule has 0 spiro atoms. The van der Waals surface area contributed by atoms with Crippen molar-refractivity contribution in [2.45, 2.75) is 60.0 Å². The summed E-state index contributed by atoms with van der Waals surface area (Å²) in [5, 5.41) is 11.3. The number of hydrogen-bond acceptors (Lipinski definition) is 5. The van der Waals surface area contributed by atoms with Gasteiger partial charge in [-0.3, -0.25) is 14.3 Å². The van der Waals surface area contributed by atoms with E-state index in [9.17, 15) is 9.59 Å². The van der Waals surface area contributed by atoms with Gasteiger partial charge in [0, 0.05) is 25.1 Å². The zero-order chi connectivity index (χ0) is 29.3. The minimum atomic E-state index is -0.188. The largest absolute Gasteiger partial charge is 0.352 e. The van der Waals surface area contributed by atoms with E-state index in [4.69, 9.17) is 11.6 Å². The molecule has 8 nitrogen and oxygen atoms in total. The van der Waals surface area contributed by atoms with Crippen LogP contribution in [0.25, 0.3) is 0 Å². The molecule has 0 atom stereocenters. The van der Waals surface area contributed by atoms with Crippen molar-refractivity contribution in [1.29, 1.82) is 0 Å². The highest BCUT2D eigenvalue weighted by Gasteiger charge is 2.29. The van der Waals surface area contributed by atoms with Crippen LogP contribution in [-0.2, 0) is 24.9 Å². The lowest BCUT2D eigenvalue weighted by molar-refractivity contribution is -0.126. The lowest BCUT2D eigenvalue weighted by Gasteiger charge is -2.33. The molecule has 0 aliphatic carbocycles. The Kier molecular flexibility index (Phi) is 8.43. The SMILES string of the molecule is Cc1ccc2c(c1)Nc1c(cnn1C)CN2C(=O)c1ccc(CNC(=O)C2CCN(CCC(C)(C)C)CC2)cc1Cl. The van der Waals surface area contributed by atoms with E-state index in [2.05, 4.69) is 41.4 Å². The van der Waals surface area contributed by atoms with Crippen molar-refractivity contribution in [3.05, 3.63) is 69.9 Å². The molecule has 5 rings (SSSR count). The number of halogens is 1. The minimum Gasteiger partial charge on any atom is -0.352 e. The van der Waals surface area contributed by atoms with Gasteiger partial charge in [-0.05, 0) is 86.6 Å². The average molecular weight is 577 g/mol. The third-order valence-electron chi connectivity index (χ3n) is 8.15. The van der Waals surface area contributed by atoms with Crippen LogP contribution in [0.3, 0.4) is 0 Å². The average Bonchev–Trinajstić information content (AvgIpc) is 3.18. The van der Waals surface area contributed by atoms with Gasteiger partial charge in [0.2, 0.25) is 5.91 Å². The Morgan fingerprint density at radius 1 is 1.12 bits per heavy atom. The van der Waals surface area contributed by atoms with E-state index < -0.39 is 0 Å². The predicted molar refractivity (Wildman–Crippen MR) is 165 cm³/mol. The van der Waals surface area contributed by atoms with Crippen molar-refractivity contribution in [1.82, 2.24) is 20.0 Å². The van der Waals surface area contributed by atoms with E-state index in [0.717, 1.165) is 72.8 Å². The Labute approximate surface area is 248 Å². The number of carbonyl (C=O) groups is 2. The highest BCUT2D eigenvalue weighted by molar-refractivity contribution is 6.34. The van der Waals surface area contributed by atoms with Crippen molar-refractivity contribution >= 4 is 40.6 Å². The molecule has 41 heavy (non-hydrogen) atoms. The van der Waals surface area contributed by atoms with Crippen molar-refractivity contribution in [2.24, 2.45) is 18.4 Å². The quantitative estimate of drug-likeness (QED) is 0.373. The number of likely N-dealkylation sites (tertiary alicyclic amines) is 1. The maximum atomic E-state index is 13.9. The normalized spacial score (nSPS) is 16.0. The maximum absolute atomic E-state index is 13.9. The third kappa shape index (κ3) is 6.76. The lowest BCUT2D eigenvalue weighted by Crippen LogP contribution is -2.41. The molecule has 3 aromatic rings. The fourth-order valence-corrected chi connectivity index (χ4v) is 5.83. The van der Waals surface area contributed by atoms with Gasteiger partial charge < -0.3 is 20.4 Å². The van der Waals surface area contributed by atoms with Gasteiger partial charge in [-0.1, -0.05) is 44.5 Å². The summed E-state index contributed by atoms with van der Waals surface area (Å²) >= 11 is 6.68. The molecule has 2 N–H and O–H groups in total. The Hall–Kier alpha value is -3.36. The highest BCUT2D eigenvalue weighted by atomic mass is 35.5. The number of anilines is 3. The molecule has 218 valence electrons. The summed E-state index contributed by atoms with van der Waals surface area (Å²) < 4.78 is 1.78. The molecule has 3 heterocycles. The van der Waals surface area contributed by atoms with Crippen molar-refractivity contribution < 1.29 is 9.59 Å². The summed E-state index contributed by atoms with van der Waals surface area (Å²) in [4.78, 5) is 31.0. The maximum Gasteiger partial charge on any atom is 0.260 e. The first-order chi connectivity index (χ1) is 19.5. The van der Waals surface area contributed by atoms with Crippen LogP contribution >= 0.6 is 11.6 Å². The van der Waals surface area contributed by atoms with E-state index in [1.54, 1.807) is 27.9 Å². The van der Waals surface area contributed by atoms with E-state index in [-0.39, 0.29) is 17.7 Å². The smallest absolute Gasteiger partial charge is 0.260 e. The summed E-state index contributed by atoms with van der Waals surface area (Å²) in [7, 11) is 1.88. The van der Waals surface area contributed by atoms with Crippen molar-refractivity contribution in [3.63, 3.8) is 0 Å². The molecule has 9 heteroatoms. The van der Waals surface area contributed by atoms with Gasteiger partial charge in [0.05, 0.1) is 34.7 Å². The molecule has 1 aromatic heterocycles. The summed E-state index contributed by atoms with van der Waals surface area (Å²) in [6, 6.07) is 11.4. The molecule has 2 aliphatic rings. The van der Waals surface area contributed by atoms with Gasteiger partial charge in [0.25, 0.3) is 5.91 Å². The Balaban J connectivity index is 1.23. The minimum absolute atomic E-state index is 0.0370. The highest BCUT2D eigenvalue weighted by Crippen LogP contribution is 2.37. The van der Waals surface area contributed by atoms with Gasteiger partial charge in [0.1, 0.15) is 5.82 Å². The molecular formula is C32H41ClN6O2. The summed E-state index contributed by atoms with van der Waals surface area (Å²) in [6.07, 6.45) is 4.71. The lowest BCUT2D eigenvalue weighted by atomic mass is 9.90. The number of benzene rings is 2. The van der Waals surface area contributed by atoms with Gasteiger partial charge >= 0.3 is 0 Å². The monoisotopic (exact) mass is 576 g/mol. The fourth-order valence-electron chi connectivity index (χ4n) is 5.54. The zero-order valence-electron chi connectivity index (χ0n) is 24.8. The molecule has 1 saturated heterocycles. The topological polar surface area (TPSA) is 82.5 Å². The number of hydrogen-bond donors (Lipinski definition) is 2. The van der Waals surface area contributed by atoms with Crippen LogP contribution in [0.15, 0.2) is 42.6 Å². The number of carbonyl (C=O) groups excluding carboxylic acids is 2. The second kappa shape index (κ2) is 11.9. The zero-order valence-corrected chi connectivity index (χ0v) is 25.5. The van der Waals surface area contributed by atoms with Crippen LogP contribution in [0.4, 0.5) is 17.2 Å². The summed E-state index contributed by atoms with van der Waals surface area (Å²) in [6.45, 7) is 12.6. The number of fused-ring (bicyclic) bond motifs is 2. The van der Waals surface area contributed by atoms with E-state index in [1.165, 1.54) is 0 Å². The molecule has 0 radical (unpaired) electrons. The molecule has 0 saturated carbocycles. The van der Waals surface area contributed by atoms with Crippen LogP contribution < -0.4 is 15.5 Å². The molecular weight excluding hydrogens is 536 g/mol.